The number of anilines is 1. The number of amides is 1. The molecule has 0 saturated heterocycles. The molecular formula is C24H31ClN2O3S. The van der Waals surface area contributed by atoms with Gasteiger partial charge in [0.15, 0.2) is 0 Å². The smallest absolute Gasteiger partial charge is 0.255 e. The van der Waals surface area contributed by atoms with E-state index in [2.05, 4.69) is 37.7 Å². The summed E-state index contributed by atoms with van der Waals surface area (Å²) in [7, 11) is -3.66. The summed E-state index contributed by atoms with van der Waals surface area (Å²) in [6.45, 7) is 9.31. The number of carbonyl (C=O) groups excluding carboxylic acids is 1. The van der Waals surface area contributed by atoms with Crippen molar-refractivity contribution in [3.8, 4) is 0 Å². The summed E-state index contributed by atoms with van der Waals surface area (Å²) in [4.78, 5) is 12.6. The standard InChI is InChI=1S/C24H31ClN2O3S/c1-17-13-23(2,3)15-24(4,14-17)16-26-31(29,30)21-11-5-18(6-12-21)22(28)27-20-9-7-19(25)8-10-20/h5-12,17,26H,13-16H2,1-4H3,(H,27,28). The lowest BCUT2D eigenvalue weighted by Gasteiger charge is -2.46. The van der Waals surface area contributed by atoms with Crippen LogP contribution in [0.4, 0.5) is 5.69 Å². The molecule has 0 spiro atoms. The molecule has 31 heavy (non-hydrogen) atoms. The van der Waals surface area contributed by atoms with Crippen molar-refractivity contribution in [2.45, 2.75) is 51.9 Å². The van der Waals surface area contributed by atoms with Gasteiger partial charge >= 0.3 is 0 Å². The first-order chi connectivity index (χ1) is 14.4. The number of hydrogen-bond acceptors (Lipinski definition) is 3. The van der Waals surface area contributed by atoms with Crippen LogP contribution in [0.1, 0.15) is 57.3 Å². The third kappa shape index (κ3) is 6.31. The average Bonchev–Trinajstić information content (AvgIpc) is 2.67. The van der Waals surface area contributed by atoms with Crippen LogP contribution in [-0.4, -0.2) is 20.9 Å². The monoisotopic (exact) mass is 462 g/mol. The van der Waals surface area contributed by atoms with Gasteiger partial charge in [-0.2, -0.15) is 0 Å². The van der Waals surface area contributed by atoms with Gasteiger partial charge in [0.25, 0.3) is 5.91 Å². The summed E-state index contributed by atoms with van der Waals surface area (Å²) in [5.41, 5.74) is 1.12. The number of rotatable bonds is 6. The van der Waals surface area contributed by atoms with Crippen LogP contribution in [0.15, 0.2) is 53.4 Å². The Labute approximate surface area is 190 Å². The molecule has 2 unspecified atom stereocenters. The summed E-state index contributed by atoms with van der Waals surface area (Å²) >= 11 is 5.85. The van der Waals surface area contributed by atoms with E-state index in [0.29, 0.717) is 28.7 Å². The Morgan fingerprint density at radius 1 is 1.03 bits per heavy atom. The van der Waals surface area contributed by atoms with Gasteiger partial charge in [-0.25, -0.2) is 13.1 Å². The van der Waals surface area contributed by atoms with Gasteiger partial charge in [-0.1, -0.05) is 39.3 Å². The molecule has 168 valence electrons. The number of sulfonamides is 1. The van der Waals surface area contributed by atoms with E-state index in [1.807, 2.05) is 0 Å². The number of nitrogens with one attached hydrogen (secondary N) is 2. The van der Waals surface area contributed by atoms with Crippen molar-refractivity contribution in [1.29, 1.82) is 0 Å². The van der Waals surface area contributed by atoms with E-state index in [0.717, 1.165) is 19.3 Å². The maximum absolute atomic E-state index is 12.8. The number of hydrogen-bond donors (Lipinski definition) is 2. The summed E-state index contributed by atoms with van der Waals surface area (Å²) < 4.78 is 28.5. The minimum absolute atomic E-state index is 0.0767. The van der Waals surface area contributed by atoms with Crippen molar-refractivity contribution in [3.05, 3.63) is 59.1 Å². The highest BCUT2D eigenvalue weighted by molar-refractivity contribution is 7.89. The molecule has 2 atom stereocenters. The second-order valence-corrected chi connectivity index (χ2v) is 12.2. The largest absolute Gasteiger partial charge is 0.322 e. The molecule has 2 aromatic rings. The van der Waals surface area contributed by atoms with E-state index in [1.165, 1.54) is 24.3 Å². The molecule has 1 fully saturated rings. The molecule has 5 nitrogen and oxygen atoms in total. The van der Waals surface area contributed by atoms with Crippen molar-refractivity contribution in [2.75, 3.05) is 11.9 Å². The van der Waals surface area contributed by atoms with Gasteiger partial charge < -0.3 is 5.32 Å². The van der Waals surface area contributed by atoms with Crippen LogP contribution >= 0.6 is 11.6 Å². The second kappa shape index (κ2) is 8.93. The van der Waals surface area contributed by atoms with Crippen molar-refractivity contribution < 1.29 is 13.2 Å². The molecular weight excluding hydrogens is 432 g/mol. The van der Waals surface area contributed by atoms with Crippen molar-refractivity contribution in [1.82, 2.24) is 4.72 Å². The van der Waals surface area contributed by atoms with Crippen LogP contribution in [0.3, 0.4) is 0 Å². The predicted molar refractivity (Wildman–Crippen MR) is 126 cm³/mol. The van der Waals surface area contributed by atoms with Gasteiger partial charge in [-0.15, -0.1) is 0 Å². The Morgan fingerprint density at radius 3 is 2.23 bits per heavy atom. The van der Waals surface area contributed by atoms with Gasteiger partial charge in [-0.3, -0.25) is 4.79 Å². The molecule has 7 heteroatoms. The quantitative estimate of drug-likeness (QED) is 0.576. The first kappa shape index (κ1) is 23.8. The zero-order chi connectivity index (χ0) is 22.9. The molecule has 0 radical (unpaired) electrons. The molecule has 1 aliphatic carbocycles. The van der Waals surface area contributed by atoms with Gasteiger partial charge in [0.2, 0.25) is 10.0 Å². The maximum Gasteiger partial charge on any atom is 0.255 e. The first-order valence-electron chi connectivity index (χ1n) is 10.5. The summed E-state index contributed by atoms with van der Waals surface area (Å²) in [6.07, 6.45) is 3.15. The van der Waals surface area contributed by atoms with Crippen LogP contribution in [0.5, 0.6) is 0 Å². The third-order valence-electron chi connectivity index (χ3n) is 5.87. The molecule has 2 aromatic carbocycles. The van der Waals surface area contributed by atoms with E-state index in [9.17, 15) is 13.2 Å². The number of halogens is 1. The minimum atomic E-state index is -3.66. The first-order valence-corrected chi connectivity index (χ1v) is 12.4. The van der Waals surface area contributed by atoms with Gasteiger partial charge in [0, 0.05) is 22.8 Å². The maximum atomic E-state index is 12.8. The Bertz CT molecular complexity index is 1030. The van der Waals surface area contributed by atoms with E-state index in [1.54, 1.807) is 24.3 Å². The molecule has 0 heterocycles. The molecule has 1 aliphatic rings. The summed E-state index contributed by atoms with van der Waals surface area (Å²) in [5, 5.41) is 3.35. The lowest BCUT2D eigenvalue weighted by Crippen LogP contribution is -2.43. The molecule has 0 aromatic heterocycles. The van der Waals surface area contributed by atoms with Crippen LogP contribution in [0.25, 0.3) is 0 Å². The fourth-order valence-electron chi connectivity index (χ4n) is 5.17. The molecule has 1 saturated carbocycles. The Hall–Kier alpha value is -1.89. The fourth-order valence-corrected chi connectivity index (χ4v) is 6.49. The summed E-state index contributed by atoms with van der Waals surface area (Å²) in [6, 6.07) is 12.8. The van der Waals surface area contributed by atoms with Crippen molar-refractivity contribution in [3.63, 3.8) is 0 Å². The van der Waals surface area contributed by atoms with Crippen molar-refractivity contribution in [2.24, 2.45) is 16.7 Å². The van der Waals surface area contributed by atoms with Gasteiger partial charge in [-0.05, 0) is 84.5 Å². The third-order valence-corrected chi connectivity index (χ3v) is 7.53. The SMILES string of the molecule is CC1CC(C)(C)CC(C)(CNS(=O)(=O)c2ccc(C(=O)Nc3ccc(Cl)cc3)cc2)C1. The second-order valence-electron chi connectivity index (χ2n) is 9.98. The summed E-state index contributed by atoms with van der Waals surface area (Å²) in [5.74, 6) is 0.252. The Balaban J connectivity index is 1.65. The molecule has 0 bridgehead atoms. The Morgan fingerprint density at radius 2 is 1.65 bits per heavy atom. The zero-order valence-electron chi connectivity index (χ0n) is 18.5. The minimum Gasteiger partial charge on any atom is -0.322 e. The zero-order valence-corrected chi connectivity index (χ0v) is 20.1. The van der Waals surface area contributed by atoms with E-state index >= 15 is 0 Å². The van der Waals surface area contributed by atoms with E-state index < -0.39 is 10.0 Å². The Kier molecular flexibility index (Phi) is 6.84. The topological polar surface area (TPSA) is 75.3 Å². The molecule has 1 amide bonds. The van der Waals surface area contributed by atoms with Gasteiger partial charge in [0.1, 0.15) is 0 Å². The molecule has 0 aliphatic heterocycles. The molecule has 2 N–H and O–H groups in total. The van der Waals surface area contributed by atoms with Crippen LogP contribution in [0, 0.1) is 16.7 Å². The van der Waals surface area contributed by atoms with Crippen LogP contribution in [-0.2, 0) is 10.0 Å². The highest BCUT2D eigenvalue weighted by atomic mass is 35.5. The highest BCUT2D eigenvalue weighted by Crippen LogP contribution is 2.48. The lowest BCUT2D eigenvalue weighted by atomic mass is 9.61. The lowest BCUT2D eigenvalue weighted by molar-refractivity contribution is 0.0648. The van der Waals surface area contributed by atoms with E-state index in [4.69, 9.17) is 11.6 Å². The van der Waals surface area contributed by atoms with Crippen LogP contribution < -0.4 is 10.0 Å². The average molecular weight is 463 g/mol. The number of benzene rings is 2. The predicted octanol–water partition coefficient (Wildman–Crippen LogP) is 5.72. The molecule has 3 rings (SSSR count). The van der Waals surface area contributed by atoms with E-state index in [-0.39, 0.29) is 21.6 Å². The van der Waals surface area contributed by atoms with Gasteiger partial charge in [0.05, 0.1) is 4.90 Å². The normalized spacial score (nSPS) is 23.3. The highest BCUT2D eigenvalue weighted by Gasteiger charge is 2.40. The number of carbonyl (C=O) groups is 1. The fraction of sp³-hybridized carbons (Fsp3) is 0.458. The van der Waals surface area contributed by atoms with Crippen molar-refractivity contribution >= 4 is 33.2 Å². The van der Waals surface area contributed by atoms with Crippen LogP contribution in [0.2, 0.25) is 5.02 Å².